The number of nitrogens with zero attached hydrogens (tertiary/aromatic N) is 2. The third-order valence-corrected chi connectivity index (χ3v) is 6.59. The van der Waals surface area contributed by atoms with E-state index in [0.29, 0.717) is 28.4 Å². The molecule has 0 heterocycles. The van der Waals surface area contributed by atoms with Crippen LogP contribution in [0.25, 0.3) is 0 Å². The van der Waals surface area contributed by atoms with E-state index in [1.807, 2.05) is 13.8 Å². The normalized spacial score (nSPS) is 12.4. The highest BCUT2D eigenvalue weighted by atomic mass is 35.5. The summed E-state index contributed by atoms with van der Waals surface area (Å²) < 4.78 is 39.6. The predicted octanol–water partition coefficient (Wildman–Crippen LogP) is 3.74. The predicted molar refractivity (Wildman–Crippen MR) is 133 cm³/mol. The number of hydrogen-bond acceptors (Lipinski definition) is 4. The Morgan fingerprint density at radius 2 is 1.71 bits per heavy atom. The molecule has 0 fully saturated rings. The van der Waals surface area contributed by atoms with Crippen LogP contribution >= 0.6 is 11.6 Å². The Balaban J connectivity index is 2.39. The van der Waals surface area contributed by atoms with Crippen LogP contribution < -0.4 is 9.62 Å². The van der Waals surface area contributed by atoms with Gasteiger partial charge in [-0.05, 0) is 61.2 Å². The molecule has 2 amide bonds. The number of carbonyl (C=O) groups is 2. The molecule has 0 aromatic heterocycles. The monoisotopic (exact) mass is 511 g/mol. The summed E-state index contributed by atoms with van der Waals surface area (Å²) in [4.78, 5) is 27.5. The molecule has 34 heavy (non-hydrogen) atoms. The van der Waals surface area contributed by atoms with Gasteiger partial charge in [-0.2, -0.15) is 0 Å². The summed E-state index contributed by atoms with van der Waals surface area (Å²) in [6.45, 7) is 7.10. The fourth-order valence-electron chi connectivity index (χ4n) is 3.32. The van der Waals surface area contributed by atoms with Crippen molar-refractivity contribution in [1.29, 1.82) is 0 Å². The second-order valence-corrected chi connectivity index (χ2v) is 11.0. The van der Waals surface area contributed by atoms with Gasteiger partial charge in [-0.1, -0.05) is 37.6 Å². The molecule has 0 unspecified atom stereocenters. The molecule has 1 N–H and O–H groups in total. The van der Waals surface area contributed by atoms with Crippen molar-refractivity contribution in [3.8, 4) is 0 Å². The van der Waals surface area contributed by atoms with E-state index in [2.05, 4.69) is 5.32 Å². The van der Waals surface area contributed by atoms with E-state index in [9.17, 15) is 22.4 Å². The minimum Gasteiger partial charge on any atom is -0.354 e. The Labute approximate surface area is 205 Å². The van der Waals surface area contributed by atoms with Crippen molar-refractivity contribution in [2.75, 3.05) is 23.7 Å². The third-order valence-electron chi connectivity index (χ3n) is 5.22. The van der Waals surface area contributed by atoms with Gasteiger partial charge in [0.15, 0.2) is 0 Å². The largest absolute Gasteiger partial charge is 0.354 e. The molecule has 2 rings (SSSR count). The molecule has 7 nitrogen and oxygen atoms in total. The van der Waals surface area contributed by atoms with Gasteiger partial charge in [-0.15, -0.1) is 0 Å². The van der Waals surface area contributed by atoms with Crippen molar-refractivity contribution in [2.24, 2.45) is 5.92 Å². The fraction of sp³-hybridized carbons (Fsp3) is 0.417. The van der Waals surface area contributed by atoms with Gasteiger partial charge in [0.05, 0.1) is 11.9 Å². The Hall–Kier alpha value is -2.65. The second kappa shape index (κ2) is 11.7. The van der Waals surface area contributed by atoms with E-state index in [1.54, 1.807) is 26.0 Å². The van der Waals surface area contributed by atoms with E-state index in [4.69, 9.17) is 11.6 Å². The van der Waals surface area contributed by atoms with Crippen LogP contribution in [-0.4, -0.2) is 50.5 Å². The highest BCUT2D eigenvalue weighted by Gasteiger charge is 2.30. The maximum atomic E-state index is 13.4. The molecule has 0 bridgehead atoms. The van der Waals surface area contributed by atoms with Crippen LogP contribution in [0, 0.1) is 18.7 Å². The van der Waals surface area contributed by atoms with E-state index in [0.717, 1.165) is 10.6 Å². The number of amides is 2. The van der Waals surface area contributed by atoms with Crippen molar-refractivity contribution in [2.45, 2.75) is 40.3 Å². The number of aryl methyl sites for hydroxylation is 1. The Morgan fingerprint density at radius 3 is 2.24 bits per heavy atom. The number of anilines is 1. The van der Waals surface area contributed by atoms with E-state index >= 15 is 0 Å². The van der Waals surface area contributed by atoms with Crippen molar-refractivity contribution in [3.05, 3.63) is 64.4 Å². The first-order valence-electron chi connectivity index (χ1n) is 10.8. The molecule has 0 spiro atoms. The average molecular weight is 512 g/mol. The summed E-state index contributed by atoms with van der Waals surface area (Å²) >= 11 is 6.01. The van der Waals surface area contributed by atoms with Gasteiger partial charge >= 0.3 is 0 Å². The zero-order valence-corrected chi connectivity index (χ0v) is 21.6. The van der Waals surface area contributed by atoms with Gasteiger partial charge in [0.1, 0.15) is 18.4 Å². The third kappa shape index (κ3) is 7.70. The van der Waals surface area contributed by atoms with Crippen molar-refractivity contribution in [1.82, 2.24) is 10.2 Å². The van der Waals surface area contributed by atoms with Crippen LogP contribution in [0.4, 0.5) is 10.1 Å². The molecule has 1 atom stereocenters. The number of rotatable bonds is 10. The molecule has 2 aromatic rings. The SMILES string of the molecule is Cc1cc(Cl)ccc1N(CC(=O)N(Cc1ccc(F)cc1)[C@@H](C)C(=O)NCC(C)C)S(C)(=O)=O. The molecule has 0 saturated heterocycles. The van der Waals surface area contributed by atoms with Gasteiger partial charge in [-0.3, -0.25) is 13.9 Å². The first-order valence-corrected chi connectivity index (χ1v) is 13.1. The van der Waals surface area contributed by atoms with E-state index < -0.39 is 34.3 Å². The number of hydrogen-bond donors (Lipinski definition) is 1. The van der Waals surface area contributed by atoms with Crippen LogP contribution in [-0.2, 0) is 26.2 Å². The summed E-state index contributed by atoms with van der Waals surface area (Å²) in [6, 6.07) is 9.38. The van der Waals surface area contributed by atoms with Gasteiger partial charge in [0.2, 0.25) is 21.8 Å². The second-order valence-electron chi connectivity index (χ2n) is 8.66. The maximum absolute atomic E-state index is 13.4. The standard InChI is InChI=1S/C24H31ClFN3O4S/c1-16(2)13-27-24(31)18(4)28(14-19-6-9-21(26)10-7-19)23(30)15-29(34(5,32)33)22-11-8-20(25)12-17(22)3/h6-12,16,18H,13-15H2,1-5H3,(H,27,31)/t18-/m0/s1. The highest BCUT2D eigenvalue weighted by molar-refractivity contribution is 7.92. The summed E-state index contributed by atoms with van der Waals surface area (Å²) in [5.74, 6) is -1.15. The molecule has 0 aliphatic rings. The number of benzene rings is 2. The Kier molecular flexibility index (Phi) is 9.46. The van der Waals surface area contributed by atoms with Crippen molar-refractivity contribution in [3.63, 3.8) is 0 Å². The average Bonchev–Trinajstić information content (AvgIpc) is 2.74. The lowest BCUT2D eigenvalue weighted by molar-refractivity contribution is -0.139. The first kappa shape index (κ1) is 27.6. The molecule has 10 heteroatoms. The lowest BCUT2D eigenvalue weighted by Gasteiger charge is -2.32. The fourth-order valence-corrected chi connectivity index (χ4v) is 4.45. The summed E-state index contributed by atoms with van der Waals surface area (Å²) in [5.41, 5.74) is 1.50. The molecule has 0 saturated carbocycles. The Bertz CT molecular complexity index is 1120. The lowest BCUT2D eigenvalue weighted by Crippen LogP contribution is -2.51. The number of halogens is 2. The number of sulfonamides is 1. The first-order chi connectivity index (χ1) is 15.8. The van der Waals surface area contributed by atoms with E-state index in [-0.39, 0.29) is 18.4 Å². The van der Waals surface area contributed by atoms with Crippen molar-refractivity contribution >= 4 is 39.1 Å². The smallest absolute Gasteiger partial charge is 0.244 e. The molecule has 0 aliphatic carbocycles. The van der Waals surface area contributed by atoms with Gasteiger partial charge < -0.3 is 10.2 Å². The maximum Gasteiger partial charge on any atom is 0.244 e. The highest BCUT2D eigenvalue weighted by Crippen LogP contribution is 2.26. The van der Waals surface area contributed by atoms with E-state index in [1.165, 1.54) is 35.2 Å². The summed E-state index contributed by atoms with van der Waals surface area (Å²) in [7, 11) is -3.84. The van der Waals surface area contributed by atoms with Crippen LogP contribution in [0.3, 0.4) is 0 Å². The van der Waals surface area contributed by atoms with Crippen LogP contribution in [0.15, 0.2) is 42.5 Å². The van der Waals surface area contributed by atoms with Crippen LogP contribution in [0.2, 0.25) is 5.02 Å². The van der Waals surface area contributed by atoms with Gasteiger partial charge in [0, 0.05) is 18.1 Å². The summed E-state index contributed by atoms with van der Waals surface area (Å²) in [5, 5.41) is 3.24. The number of carbonyl (C=O) groups excluding carboxylic acids is 2. The lowest BCUT2D eigenvalue weighted by atomic mass is 10.1. The van der Waals surface area contributed by atoms with Crippen LogP contribution in [0.5, 0.6) is 0 Å². The van der Waals surface area contributed by atoms with Gasteiger partial charge in [-0.25, -0.2) is 12.8 Å². The van der Waals surface area contributed by atoms with Crippen molar-refractivity contribution < 1.29 is 22.4 Å². The molecule has 2 aromatic carbocycles. The Morgan fingerprint density at radius 1 is 1.09 bits per heavy atom. The van der Waals surface area contributed by atoms with Gasteiger partial charge in [0.25, 0.3) is 0 Å². The zero-order valence-electron chi connectivity index (χ0n) is 20.0. The molecule has 0 aliphatic heterocycles. The summed E-state index contributed by atoms with van der Waals surface area (Å²) in [6.07, 6.45) is 1.01. The van der Waals surface area contributed by atoms with Crippen LogP contribution in [0.1, 0.15) is 31.9 Å². The quantitative estimate of drug-likeness (QED) is 0.526. The molecular weight excluding hydrogens is 481 g/mol. The molecular formula is C24H31ClFN3O4S. The minimum atomic E-state index is -3.84. The zero-order chi connectivity index (χ0) is 25.6. The molecule has 186 valence electrons. The molecule has 0 radical (unpaired) electrons. The number of nitrogens with one attached hydrogen (secondary N) is 1. The minimum absolute atomic E-state index is 0.00653. The topological polar surface area (TPSA) is 86.8 Å².